The van der Waals surface area contributed by atoms with E-state index in [1.807, 2.05) is 30.3 Å². The number of benzene rings is 1. The fourth-order valence-electron chi connectivity index (χ4n) is 1.98. The van der Waals surface area contributed by atoms with Crippen molar-refractivity contribution in [2.75, 3.05) is 14.2 Å². The molecule has 1 aromatic rings. The summed E-state index contributed by atoms with van der Waals surface area (Å²) in [6.07, 6.45) is -1.65. The summed E-state index contributed by atoms with van der Waals surface area (Å²) in [6, 6.07) is 8.13. The Morgan fingerprint density at radius 2 is 1.65 bits per heavy atom. The van der Waals surface area contributed by atoms with Crippen LogP contribution in [0.15, 0.2) is 30.3 Å². The SMILES string of the molecule is COC(=O)C#CC(Cc1ccccc1)N(C(=O)OC)C(=O)OC(C)(C)C. The van der Waals surface area contributed by atoms with Crippen LogP contribution in [-0.2, 0) is 25.4 Å². The summed E-state index contributed by atoms with van der Waals surface area (Å²) in [5.41, 5.74) is -0.00898. The molecule has 1 atom stereocenters. The minimum Gasteiger partial charge on any atom is -0.459 e. The molecule has 0 bridgehead atoms. The number of carbonyl (C=O) groups excluding carboxylic acids is 3. The van der Waals surface area contributed by atoms with Crippen LogP contribution in [0.5, 0.6) is 0 Å². The molecule has 140 valence electrons. The molecule has 7 heteroatoms. The van der Waals surface area contributed by atoms with Crippen LogP contribution in [-0.4, -0.2) is 48.9 Å². The smallest absolute Gasteiger partial charge is 0.420 e. The fraction of sp³-hybridized carbons (Fsp3) is 0.421. The molecule has 0 radical (unpaired) electrons. The molecule has 0 aliphatic rings. The number of hydrogen-bond donors (Lipinski definition) is 0. The summed E-state index contributed by atoms with van der Waals surface area (Å²) in [7, 11) is 2.34. The lowest BCUT2D eigenvalue weighted by Gasteiger charge is -2.28. The van der Waals surface area contributed by atoms with Crippen molar-refractivity contribution in [3.8, 4) is 11.8 Å². The Morgan fingerprint density at radius 3 is 2.15 bits per heavy atom. The van der Waals surface area contributed by atoms with Gasteiger partial charge < -0.3 is 14.2 Å². The number of amides is 2. The van der Waals surface area contributed by atoms with Gasteiger partial charge in [0.25, 0.3) is 0 Å². The van der Waals surface area contributed by atoms with E-state index in [4.69, 9.17) is 9.47 Å². The summed E-state index contributed by atoms with van der Waals surface area (Å²) in [4.78, 5) is 36.9. The average molecular weight is 361 g/mol. The second-order valence-corrected chi connectivity index (χ2v) is 6.29. The topological polar surface area (TPSA) is 82.1 Å². The van der Waals surface area contributed by atoms with E-state index >= 15 is 0 Å². The molecule has 0 heterocycles. The highest BCUT2D eigenvalue weighted by molar-refractivity contribution is 5.91. The van der Waals surface area contributed by atoms with Crippen molar-refractivity contribution in [2.45, 2.75) is 38.8 Å². The largest absolute Gasteiger partial charge is 0.459 e. The molecule has 0 saturated heterocycles. The molecule has 1 rings (SSSR count). The third-order valence-corrected chi connectivity index (χ3v) is 3.07. The summed E-state index contributed by atoms with van der Waals surface area (Å²) < 4.78 is 14.5. The number of esters is 1. The van der Waals surface area contributed by atoms with E-state index in [2.05, 4.69) is 16.6 Å². The Labute approximate surface area is 153 Å². The molecule has 0 spiro atoms. The summed E-state index contributed by atoms with van der Waals surface area (Å²) >= 11 is 0. The van der Waals surface area contributed by atoms with Crippen LogP contribution in [0.4, 0.5) is 9.59 Å². The van der Waals surface area contributed by atoms with Gasteiger partial charge in [0.05, 0.1) is 14.2 Å². The highest BCUT2D eigenvalue weighted by Crippen LogP contribution is 2.16. The molecule has 1 aromatic carbocycles. The number of carbonyl (C=O) groups is 3. The van der Waals surface area contributed by atoms with Crippen LogP contribution in [0.25, 0.3) is 0 Å². The van der Waals surface area contributed by atoms with Crippen LogP contribution in [0.3, 0.4) is 0 Å². The summed E-state index contributed by atoms with van der Waals surface area (Å²) in [5, 5.41) is 0. The maximum absolute atomic E-state index is 12.5. The first kappa shape index (κ1) is 21.0. The lowest BCUT2D eigenvalue weighted by Crippen LogP contribution is -2.47. The number of ether oxygens (including phenoxy) is 3. The van der Waals surface area contributed by atoms with E-state index in [0.717, 1.165) is 17.6 Å². The number of rotatable bonds is 3. The highest BCUT2D eigenvalue weighted by atomic mass is 16.6. The fourth-order valence-corrected chi connectivity index (χ4v) is 1.98. The maximum atomic E-state index is 12.5. The molecule has 1 unspecified atom stereocenters. The van der Waals surface area contributed by atoms with Crippen molar-refractivity contribution in [2.24, 2.45) is 0 Å². The molecule has 0 aliphatic heterocycles. The monoisotopic (exact) mass is 361 g/mol. The number of methoxy groups -OCH3 is 2. The van der Waals surface area contributed by atoms with Gasteiger partial charge in [-0.3, -0.25) is 0 Å². The minimum atomic E-state index is -0.973. The minimum absolute atomic E-state index is 0.194. The molecule has 0 aromatic heterocycles. The van der Waals surface area contributed by atoms with Gasteiger partial charge in [0.1, 0.15) is 11.6 Å². The molecule has 0 N–H and O–H groups in total. The first-order chi connectivity index (χ1) is 12.2. The third kappa shape index (κ3) is 6.85. The van der Waals surface area contributed by atoms with Crippen molar-refractivity contribution in [1.82, 2.24) is 4.90 Å². The maximum Gasteiger partial charge on any atom is 0.420 e. The van der Waals surface area contributed by atoms with Crippen molar-refractivity contribution in [1.29, 1.82) is 0 Å². The van der Waals surface area contributed by atoms with Gasteiger partial charge in [-0.2, -0.15) is 4.90 Å². The Morgan fingerprint density at radius 1 is 1.04 bits per heavy atom. The summed E-state index contributed by atoms with van der Waals surface area (Å²) in [5.74, 6) is 4.08. The van der Waals surface area contributed by atoms with E-state index in [9.17, 15) is 14.4 Å². The van der Waals surface area contributed by atoms with Crippen molar-refractivity contribution >= 4 is 18.2 Å². The van der Waals surface area contributed by atoms with Crippen LogP contribution < -0.4 is 0 Å². The lowest BCUT2D eigenvalue weighted by molar-refractivity contribution is -0.133. The van der Waals surface area contributed by atoms with Crippen molar-refractivity contribution in [3.63, 3.8) is 0 Å². The highest BCUT2D eigenvalue weighted by Gasteiger charge is 2.34. The van der Waals surface area contributed by atoms with Crippen molar-refractivity contribution < 1.29 is 28.6 Å². The second-order valence-electron chi connectivity index (χ2n) is 6.29. The summed E-state index contributed by atoms with van der Waals surface area (Å²) in [6.45, 7) is 5.02. The lowest BCUT2D eigenvalue weighted by atomic mass is 10.1. The zero-order chi connectivity index (χ0) is 19.7. The average Bonchev–Trinajstić information content (AvgIpc) is 2.58. The Hall–Kier alpha value is -3.01. The van der Waals surface area contributed by atoms with Crippen LogP contribution in [0, 0.1) is 11.8 Å². The molecule has 26 heavy (non-hydrogen) atoms. The number of imide groups is 1. The Kier molecular flexibility index (Phi) is 7.66. The van der Waals surface area contributed by atoms with Crippen LogP contribution in [0.2, 0.25) is 0 Å². The van der Waals surface area contributed by atoms with Gasteiger partial charge in [-0.15, -0.1) is 0 Å². The number of nitrogens with zero attached hydrogens (tertiary/aromatic N) is 1. The normalized spacial score (nSPS) is 11.4. The van der Waals surface area contributed by atoms with Gasteiger partial charge >= 0.3 is 18.2 Å². The molecule has 0 aliphatic carbocycles. The van der Waals surface area contributed by atoms with Crippen LogP contribution in [0.1, 0.15) is 26.3 Å². The van der Waals surface area contributed by atoms with Gasteiger partial charge in [-0.1, -0.05) is 36.3 Å². The second kappa shape index (κ2) is 9.47. The quantitative estimate of drug-likeness (QED) is 0.356. The Bertz CT molecular complexity index is 696. The van der Waals surface area contributed by atoms with E-state index in [0.29, 0.717) is 0 Å². The first-order valence-electron chi connectivity index (χ1n) is 7.91. The van der Waals surface area contributed by atoms with Gasteiger partial charge in [0.15, 0.2) is 0 Å². The van der Waals surface area contributed by atoms with Gasteiger partial charge in [-0.25, -0.2) is 14.4 Å². The van der Waals surface area contributed by atoms with E-state index in [1.54, 1.807) is 20.8 Å². The molecular weight excluding hydrogens is 338 g/mol. The van der Waals surface area contributed by atoms with E-state index in [-0.39, 0.29) is 6.42 Å². The number of hydrogen-bond acceptors (Lipinski definition) is 6. The third-order valence-electron chi connectivity index (χ3n) is 3.07. The molecular formula is C19H23NO6. The zero-order valence-electron chi connectivity index (χ0n) is 15.6. The first-order valence-corrected chi connectivity index (χ1v) is 7.91. The van der Waals surface area contributed by atoms with Gasteiger partial charge in [0.2, 0.25) is 0 Å². The molecule has 7 nitrogen and oxygen atoms in total. The molecule has 0 saturated carbocycles. The molecule has 0 fully saturated rings. The standard InChI is InChI=1S/C19H23NO6/c1-19(2,3)26-18(23)20(17(22)25-5)15(11-12-16(21)24-4)13-14-9-7-6-8-10-14/h6-10,15H,13H2,1-5H3. The predicted molar refractivity (Wildman–Crippen MR) is 94.2 cm³/mol. The van der Waals surface area contributed by atoms with E-state index < -0.39 is 29.8 Å². The van der Waals surface area contributed by atoms with Crippen LogP contribution >= 0.6 is 0 Å². The zero-order valence-corrected chi connectivity index (χ0v) is 15.6. The predicted octanol–water partition coefficient (Wildman–Crippen LogP) is 2.78. The van der Waals surface area contributed by atoms with E-state index in [1.165, 1.54) is 7.11 Å². The van der Waals surface area contributed by atoms with Gasteiger partial charge in [-0.05, 0) is 26.3 Å². The van der Waals surface area contributed by atoms with Gasteiger partial charge in [0, 0.05) is 12.3 Å². The molecule has 2 amide bonds. The van der Waals surface area contributed by atoms with Crippen molar-refractivity contribution in [3.05, 3.63) is 35.9 Å². The Balaban J connectivity index is 3.25.